The summed E-state index contributed by atoms with van der Waals surface area (Å²) < 4.78 is 88.1. The van der Waals surface area contributed by atoms with Crippen molar-refractivity contribution < 1.29 is 33.0 Å². The van der Waals surface area contributed by atoms with E-state index in [0.717, 1.165) is 12.1 Å². The number of hydrogen-bond donors (Lipinski definition) is 1. The molecule has 0 bridgehead atoms. The summed E-state index contributed by atoms with van der Waals surface area (Å²) in [4.78, 5) is 6.39. The first-order chi connectivity index (χ1) is 15.3. The van der Waals surface area contributed by atoms with Crippen LogP contribution < -0.4 is 10.6 Å². The number of rotatable bonds is 9. The van der Waals surface area contributed by atoms with Crippen LogP contribution in [0.15, 0.2) is 65.8 Å². The quantitative estimate of drug-likeness (QED) is 0.239. The van der Waals surface area contributed by atoms with Gasteiger partial charge < -0.3 is 14.4 Å². The molecule has 0 saturated carbocycles. The molecule has 0 aliphatic heterocycles. The summed E-state index contributed by atoms with van der Waals surface area (Å²) in [5, 5.41) is 3.13. The third-order valence-electron chi connectivity index (χ3n) is 4.32. The highest BCUT2D eigenvalue weighted by molar-refractivity contribution is 8.45. The van der Waals surface area contributed by atoms with E-state index in [2.05, 4.69) is 15.3 Å². The number of nitrogens with zero attached hydrogens (tertiary/aromatic N) is 2. The summed E-state index contributed by atoms with van der Waals surface area (Å²) in [5.41, 5.74) is 0.997. The molecule has 180 valence electrons. The van der Waals surface area contributed by atoms with Gasteiger partial charge in [0, 0.05) is 23.6 Å². The Bertz CT molecular complexity index is 1170. The minimum atomic E-state index is -9.75. The standard InChI is InChI=1S/C20H21F5N3O3PS/c1-3-30-32(29,31-4-2)17-9-5-15(6-10-17)19-20(27-14-13-26-19)28-16-7-11-18(12-8-16)33(21,22,23,24)25/h5-14H,3-4H2,1-2H3,(H,27,28). The van der Waals surface area contributed by atoms with Crippen molar-refractivity contribution in [2.75, 3.05) is 18.5 Å². The molecule has 6 nitrogen and oxygen atoms in total. The van der Waals surface area contributed by atoms with E-state index in [1.807, 2.05) is 0 Å². The molecule has 13 heteroatoms. The predicted octanol–water partition coefficient (Wildman–Crippen LogP) is 7.44. The van der Waals surface area contributed by atoms with Crippen LogP contribution in [0.4, 0.5) is 30.9 Å². The van der Waals surface area contributed by atoms with E-state index in [-0.39, 0.29) is 24.7 Å². The van der Waals surface area contributed by atoms with Crippen molar-refractivity contribution >= 4 is 34.6 Å². The van der Waals surface area contributed by atoms with Gasteiger partial charge in [-0.15, -0.1) is 0 Å². The SMILES string of the molecule is CCOP(=O)(OCC)c1ccc(-c2nccnc2Nc2ccc(S(F)(F)(F)(F)F)cc2)cc1. The average Bonchev–Trinajstić information content (AvgIpc) is 2.73. The lowest BCUT2D eigenvalue weighted by Gasteiger charge is -2.40. The van der Waals surface area contributed by atoms with E-state index < -0.39 is 22.7 Å². The number of anilines is 2. The normalized spacial score (nSPS) is 14.4. The monoisotopic (exact) mass is 509 g/mol. The van der Waals surface area contributed by atoms with Crippen LogP contribution in [0.5, 0.6) is 0 Å². The Balaban J connectivity index is 1.89. The average molecular weight is 509 g/mol. The van der Waals surface area contributed by atoms with Crippen LogP contribution in [0.25, 0.3) is 11.3 Å². The fourth-order valence-corrected chi connectivity index (χ4v) is 5.12. The van der Waals surface area contributed by atoms with E-state index in [0.29, 0.717) is 28.7 Å². The topological polar surface area (TPSA) is 73.3 Å². The molecule has 0 spiro atoms. The maximum atomic E-state index is 12.9. The Hall–Kier alpha value is -2.53. The van der Waals surface area contributed by atoms with Gasteiger partial charge in [0.15, 0.2) is 5.82 Å². The van der Waals surface area contributed by atoms with Gasteiger partial charge in [-0.1, -0.05) is 31.6 Å². The summed E-state index contributed by atoms with van der Waals surface area (Å²) >= 11 is 0. The van der Waals surface area contributed by atoms with Gasteiger partial charge in [0.05, 0.1) is 18.5 Å². The van der Waals surface area contributed by atoms with Crippen LogP contribution in [0.2, 0.25) is 0 Å². The molecular weight excluding hydrogens is 488 g/mol. The molecule has 0 amide bonds. The van der Waals surface area contributed by atoms with Gasteiger partial charge in [-0.05, 0) is 50.2 Å². The highest BCUT2D eigenvalue weighted by Crippen LogP contribution is 3.02. The first kappa shape index (κ1) is 25.1. The van der Waals surface area contributed by atoms with Crippen molar-refractivity contribution in [1.82, 2.24) is 9.97 Å². The van der Waals surface area contributed by atoms with Gasteiger partial charge in [-0.25, -0.2) is 4.98 Å². The van der Waals surface area contributed by atoms with E-state index in [4.69, 9.17) is 9.05 Å². The van der Waals surface area contributed by atoms with Crippen LogP contribution in [-0.2, 0) is 13.6 Å². The van der Waals surface area contributed by atoms with Crippen molar-refractivity contribution in [2.45, 2.75) is 18.7 Å². The van der Waals surface area contributed by atoms with Crippen molar-refractivity contribution in [3.8, 4) is 11.3 Å². The first-order valence-corrected chi connectivity index (χ1v) is 13.2. The Labute approximate surface area is 187 Å². The van der Waals surface area contributed by atoms with E-state index >= 15 is 0 Å². The lowest BCUT2D eigenvalue weighted by molar-refractivity contribution is 0.230. The van der Waals surface area contributed by atoms with Crippen molar-refractivity contribution in [3.63, 3.8) is 0 Å². The van der Waals surface area contributed by atoms with Crippen LogP contribution in [-0.4, -0.2) is 23.2 Å². The van der Waals surface area contributed by atoms with Gasteiger partial charge in [0.1, 0.15) is 10.6 Å². The van der Waals surface area contributed by atoms with Gasteiger partial charge >= 0.3 is 17.8 Å². The summed E-state index contributed by atoms with van der Waals surface area (Å²) in [5.74, 6) is 0.183. The molecule has 3 rings (SSSR count). The van der Waals surface area contributed by atoms with Crippen LogP contribution >= 0.6 is 17.8 Å². The Morgan fingerprint density at radius 1 is 0.848 bits per heavy atom. The van der Waals surface area contributed by atoms with Gasteiger partial charge in [0.25, 0.3) is 0 Å². The molecule has 0 aliphatic rings. The highest BCUT2D eigenvalue weighted by Gasteiger charge is 2.65. The summed E-state index contributed by atoms with van der Waals surface area (Å²) in [6.07, 6.45) is 2.78. The molecule has 1 N–H and O–H groups in total. The van der Waals surface area contributed by atoms with Crippen molar-refractivity contribution in [2.24, 2.45) is 0 Å². The predicted molar refractivity (Wildman–Crippen MR) is 119 cm³/mol. The molecule has 0 saturated heterocycles. The molecule has 0 unspecified atom stereocenters. The fraction of sp³-hybridized carbons (Fsp3) is 0.200. The molecule has 1 aromatic heterocycles. The lowest BCUT2D eigenvalue weighted by Crippen LogP contribution is -2.10. The maximum Gasteiger partial charge on any atom is 0.361 e. The van der Waals surface area contributed by atoms with Crippen molar-refractivity contribution in [3.05, 3.63) is 60.9 Å². The zero-order valence-electron chi connectivity index (χ0n) is 17.6. The molecule has 2 aromatic carbocycles. The molecule has 33 heavy (non-hydrogen) atoms. The second-order valence-electron chi connectivity index (χ2n) is 6.75. The molecule has 0 aliphatic carbocycles. The lowest BCUT2D eigenvalue weighted by atomic mass is 10.1. The van der Waals surface area contributed by atoms with Crippen LogP contribution in [0.3, 0.4) is 0 Å². The molecule has 1 heterocycles. The summed E-state index contributed by atoms with van der Waals surface area (Å²) in [6, 6.07) is 8.75. The molecule has 0 fully saturated rings. The second-order valence-corrected chi connectivity index (χ2v) is 11.2. The number of aromatic nitrogens is 2. The fourth-order valence-electron chi connectivity index (χ4n) is 2.90. The highest BCUT2D eigenvalue weighted by atomic mass is 32.5. The molecular formula is C20H21F5N3O3PS. The minimum absolute atomic E-state index is 0.108. The Morgan fingerprint density at radius 2 is 1.39 bits per heavy atom. The van der Waals surface area contributed by atoms with E-state index in [1.165, 1.54) is 12.4 Å². The Morgan fingerprint density at radius 3 is 1.91 bits per heavy atom. The second kappa shape index (κ2) is 8.35. The maximum absolute atomic E-state index is 12.9. The largest absolute Gasteiger partial charge is 0.361 e. The van der Waals surface area contributed by atoms with Crippen LogP contribution in [0.1, 0.15) is 13.8 Å². The zero-order valence-corrected chi connectivity index (χ0v) is 19.3. The number of halogens is 5. The minimum Gasteiger partial charge on any atom is -0.338 e. The molecule has 0 radical (unpaired) electrons. The van der Waals surface area contributed by atoms with Crippen LogP contribution in [0, 0.1) is 0 Å². The van der Waals surface area contributed by atoms with Crippen molar-refractivity contribution in [1.29, 1.82) is 0 Å². The zero-order chi connectivity index (χ0) is 24.4. The summed E-state index contributed by atoms with van der Waals surface area (Å²) in [7, 11) is -13.2. The third kappa shape index (κ3) is 6.08. The summed E-state index contributed by atoms with van der Waals surface area (Å²) in [6.45, 7) is 3.78. The Kier molecular flexibility index (Phi) is 6.35. The first-order valence-electron chi connectivity index (χ1n) is 9.68. The van der Waals surface area contributed by atoms with Gasteiger partial charge in [-0.3, -0.25) is 9.55 Å². The number of hydrogen-bond acceptors (Lipinski definition) is 6. The molecule has 0 atom stereocenters. The van der Waals surface area contributed by atoms with Gasteiger partial charge in [-0.2, -0.15) is 0 Å². The van der Waals surface area contributed by atoms with Gasteiger partial charge in [0.2, 0.25) is 0 Å². The van der Waals surface area contributed by atoms with E-state index in [9.17, 15) is 24.0 Å². The molecule has 3 aromatic rings. The van der Waals surface area contributed by atoms with E-state index in [1.54, 1.807) is 38.1 Å². The third-order valence-corrected chi connectivity index (χ3v) is 7.61. The number of nitrogens with one attached hydrogen (secondary N) is 1. The number of benzene rings is 2. The smallest absolute Gasteiger partial charge is 0.338 e.